The second kappa shape index (κ2) is 12.6. The molecule has 5 aromatic rings. The molecule has 0 radical (unpaired) electrons. The number of amides is 2. The van der Waals surface area contributed by atoms with Gasteiger partial charge in [-0.2, -0.15) is 0 Å². The third-order valence-electron chi connectivity index (χ3n) is 9.24. The maximum Gasteiger partial charge on any atom is 0.266 e. The molecule has 2 aliphatic heterocycles. The Bertz CT molecular complexity index is 1850. The van der Waals surface area contributed by atoms with Crippen LogP contribution in [0.2, 0.25) is 0 Å². The van der Waals surface area contributed by atoms with Crippen LogP contribution in [0.5, 0.6) is 0 Å². The largest absolute Gasteiger partial charge is 0.392 e. The van der Waals surface area contributed by atoms with Crippen LogP contribution in [0.15, 0.2) is 115 Å². The summed E-state index contributed by atoms with van der Waals surface area (Å²) in [5, 5.41) is 12.0. The molecule has 0 aliphatic carbocycles. The summed E-state index contributed by atoms with van der Waals surface area (Å²) in [6.45, 7) is 2.88. The highest BCUT2D eigenvalue weighted by Crippen LogP contribution is 2.39. The number of imide groups is 1. The number of benzene rings is 5. The molecule has 5 aromatic carbocycles. The highest BCUT2D eigenvalue weighted by atomic mass is 16.7. The number of fused-ring (bicyclic) bond motifs is 2. The van der Waals surface area contributed by atoms with Crippen molar-refractivity contribution in [3.63, 3.8) is 0 Å². The SMILES string of the molecule is C[C@H](c1ccc2ccccc2c1)N(C)C[C@H]1C[C@@H](c2ccc(CO)cc2)O[C@@H](c2ccc(N3C(=O)c4ccccc4C3=O)cc2)O1. The molecule has 7 heteroatoms. The van der Waals surface area contributed by atoms with Crippen molar-refractivity contribution in [3.8, 4) is 0 Å². The van der Waals surface area contributed by atoms with E-state index in [9.17, 15) is 14.7 Å². The molecule has 1 saturated heterocycles. The number of ether oxygens (including phenoxy) is 2. The van der Waals surface area contributed by atoms with E-state index in [1.54, 1.807) is 36.4 Å². The Kier molecular flexibility index (Phi) is 8.23. The van der Waals surface area contributed by atoms with Crippen molar-refractivity contribution in [2.24, 2.45) is 0 Å². The molecule has 7 rings (SSSR count). The van der Waals surface area contributed by atoms with E-state index in [2.05, 4.69) is 61.3 Å². The van der Waals surface area contributed by atoms with E-state index < -0.39 is 6.29 Å². The van der Waals surface area contributed by atoms with Crippen LogP contribution in [0.25, 0.3) is 10.8 Å². The van der Waals surface area contributed by atoms with Crippen LogP contribution in [-0.2, 0) is 16.1 Å². The molecular formula is C39H36N2O5. The Morgan fingerprint density at radius 2 is 1.41 bits per heavy atom. The molecule has 0 spiro atoms. The van der Waals surface area contributed by atoms with Gasteiger partial charge in [-0.05, 0) is 71.8 Å². The van der Waals surface area contributed by atoms with Crippen LogP contribution >= 0.6 is 0 Å². The summed E-state index contributed by atoms with van der Waals surface area (Å²) in [4.78, 5) is 29.6. The number of rotatable bonds is 8. The fraction of sp³-hybridized carbons (Fsp3) is 0.231. The first-order valence-corrected chi connectivity index (χ1v) is 15.7. The van der Waals surface area contributed by atoms with Crippen LogP contribution in [0.4, 0.5) is 5.69 Å². The standard InChI is InChI=1S/C39H36N2O5/c1-25(30-16-15-27-7-3-4-8-31(27)21-30)40(2)23-33-22-36(28-13-11-26(24-42)12-14-28)46-39(45-33)29-17-19-32(20-18-29)41-37(43)34-9-5-6-10-35(34)38(41)44/h3-21,25,33,36,39,42H,22-24H2,1-2H3/t25-,33-,36+,39+/m1/s1. The number of hydrogen-bond acceptors (Lipinski definition) is 6. The van der Waals surface area contributed by atoms with Crippen LogP contribution in [0.1, 0.15) is 74.8 Å². The summed E-state index contributed by atoms with van der Waals surface area (Å²) in [6.07, 6.45) is -0.347. The van der Waals surface area contributed by atoms with Crippen molar-refractivity contribution in [3.05, 3.63) is 149 Å². The van der Waals surface area contributed by atoms with E-state index in [4.69, 9.17) is 9.47 Å². The van der Waals surface area contributed by atoms with Gasteiger partial charge in [0.15, 0.2) is 6.29 Å². The molecule has 7 nitrogen and oxygen atoms in total. The van der Waals surface area contributed by atoms with Gasteiger partial charge in [0, 0.05) is 24.6 Å². The van der Waals surface area contributed by atoms with Crippen molar-refractivity contribution in [1.29, 1.82) is 0 Å². The number of aliphatic hydroxyl groups is 1. The van der Waals surface area contributed by atoms with Crippen LogP contribution in [0, 0.1) is 0 Å². The quantitative estimate of drug-likeness (QED) is 0.184. The van der Waals surface area contributed by atoms with Crippen molar-refractivity contribution >= 4 is 28.3 Å². The number of carbonyl (C=O) groups is 2. The van der Waals surface area contributed by atoms with E-state index in [1.165, 1.54) is 21.2 Å². The molecule has 4 atom stereocenters. The van der Waals surface area contributed by atoms with Crippen LogP contribution in [-0.4, -0.2) is 41.5 Å². The number of likely N-dealkylation sites (N-methyl/N-ethyl adjacent to an activating group) is 1. The monoisotopic (exact) mass is 612 g/mol. The van der Waals surface area contributed by atoms with Gasteiger partial charge in [-0.15, -0.1) is 0 Å². The topological polar surface area (TPSA) is 79.3 Å². The molecule has 2 amide bonds. The lowest BCUT2D eigenvalue weighted by atomic mass is 9.98. The lowest BCUT2D eigenvalue weighted by Crippen LogP contribution is -2.38. The maximum absolute atomic E-state index is 13.0. The number of hydrogen-bond donors (Lipinski definition) is 1. The molecule has 0 saturated carbocycles. The first-order valence-electron chi connectivity index (χ1n) is 15.7. The maximum atomic E-state index is 13.0. The Morgan fingerprint density at radius 1 is 0.783 bits per heavy atom. The summed E-state index contributed by atoms with van der Waals surface area (Å²) in [6, 6.07) is 37.2. The zero-order valence-electron chi connectivity index (χ0n) is 25.9. The fourth-order valence-electron chi connectivity index (χ4n) is 6.44. The van der Waals surface area contributed by atoms with Gasteiger partial charge in [0.2, 0.25) is 0 Å². The number of carbonyl (C=O) groups excluding carboxylic acids is 2. The number of anilines is 1. The van der Waals surface area contributed by atoms with Gasteiger partial charge >= 0.3 is 0 Å². The molecule has 1 N–H and O–H groups in total. The third kappa shape index (κ3) is 5.74. The van der Waals surface area contributed by atoms with E-state index in [-0.39, 0.29) is 36.7 Å². The summed E-state index contributed by atoms with van der Waals surface area (Å²) in [7, 11) is 2.12. The second-order valence-electron chi connectivity index (χ2n) is 12.2. The van der Waals surface area contributed by atoms with E-state index in [0.717, 1.165) is 16.7 Å². The summed E-state index contributed by atoms with van der Waals surface area (Å²) < 4.78 is 13.1. The Hall–Kier alpha value is -4.66. The smallest absolute Gasteiger partial charge is 0.266 e. The van der Waals surface area contributed by atoms with Gasteiger partial charge < -0.3 is 14.6 Å². The zero-order chi connectivity index (χ0) is 31.8. The first kappa shape index (κ1) is 30.0. The molecule has 0 unspecified atom stereocenters. The predicted octanol–water partition coefficient (Wildman–Crippen LogP) is 7.37. The lowest BCUT2D eigenvalue weighted by molar-refractivity contribution is -0.253. The highest BCUT2D eigenvalue weighted by molar-refractivity contribution is 6.34. The predicted molar refractivity (Wildman–Crippen MR) is 177 cm³/mol. The minimum absolute atomic E-state index is 0.0168. The van der Waals surface area contributed by atoms with Crippen LogP contribution in [0.3, 0.4) is 0 Å². The summed E-state index contributed by atoms with van der Waals surface area (Å²) in [5.74, 6) is -0.651. The van der Waals surface area contributed by atoms with Gasteiger partial charge in [-0.3, -0.25) is 14.5 Å². The molecule has 1 fully saturated rings. The van der Waals surface area contributed by atoms with Gasteiger partial charge in [0.05, 0.1) is 35.6 Å². The van der Waals surface area contributed by atoms with Gasteiger partial charge in [0.1, 0.15) is 0 Å². The fourth-order valence-corrected chi connectivity index (χ4v) is 6.44. The Balaban J connectivity index is 1.12. The average molecular weight is 613 g/mol. The number of aliphatic hydroxyl groups excluding tert-OH is 1. The molecule has 46 heavy (non-hydrogen) atoms. The minimum Gasteiger partial charge on any atom is -0.392 e. The molecule has 0 aromatic heterocycles. The van der Waals surface area contributed by atoms with E-state index in [1.807, 2.05) is 36.4 Å². The van der Waals surface area contributed by atoms with Gasteiger partial charge in [-0.25, -0.2) is 4.90 Å². The van der Waals surface area contributed by atoms with E-state index in [0.29, 0.717) is 29.8 Å². The van der Waals surface area contributed by atoms with Gasteiger partial charge in [-0.1, -0.05) is 84.9 Å². The minimum atomic E-state index is -0.651. The molecule has 2 heterocycles. The Morgan fingerprint density at radius 3 is 2.09 bits per heavy atom. The van der Waals surface area contributed by atoms with Crippen molar-refractivity contribution in [1.82, 2.24) is 4.90 Å². The lowest BCUT2D eigenvalue weighted by Gasteiger charge is -2.39. The molecule has 2 aliphatic rings. The zero-order valence-corrected chi connectivity index (χ0v) is 25.9. The summed E-state index contributed by atoms with van der Waals surface area (Å²) in [5.41, 5.74) is 5.23. The average Bonchev–Trinajstić information content (AvgIpc) is 3.36. The first-order chi connectivity index (χ1) is 22.4. The normalized spacial score (nSPS) is 20.3. The second-order valence-corrected chi connectivity index (χ2v) is 12.2. The third-order valence-corrected chi connectivity index (χ3v) is 9.24. The van der Waals surface area contributed by atoms with E-state index >= 15 is 0 Å². The van der Waals surface area contributed by atoms with Crippen molar-refractivity contribution < 1.29 is 24.2 Å². The summed E-state index contributed by atoms with van der Waals surface area (Å²) >= 11 is 0. The molecule has 0 bridgehead atoms. The molecule has 232 valence electrons. The number of nitrogens with zero attached hydrogens (tertiary/aromatic N) is 2. The molecular weight excluding hydrogens is 576 g/mol. The highest BCUT2D eigenvalue weighted by Gasteiger charge is 2.37. The Labute approximate surface area is 268 Å². The van der Waals surface area contributed by atoms with Crippen LogP contribution < -0.4 is 4.90 Å². The van der Waals surface area contributed by atoms with Crippen molar-refractivity contribution in [2.45, 2.75) is 44.5 Å². The van der Waals surface area contributed by atoms with Crippen molar-refractivity contribution in [2.75, 3.05) is 18.5 Å². The van der Waals surface area contributed by atoms with Gasteiger partial charge in [0.25, 0.3) is 11.8 Å².